The Bertz CT molecular complexity index is 886. The second kappa shape index (κ2) is 27.6. The molecule has 0 bridgehead atoms. The molecule has 43 heavy (non-hydrogen) atoms. The zero-order valence-corrected chi connectivity index (χ0v) is 28.5. The number of amides is 1. The maximum Gasteiger partial charge on any atom is 0.334 e. The summed E-state index contributed by atoms with van der Waals surface area (Å²) in [5, 5.41) is 11.8. The van der Waals surface area contributed by atoms with Gasteiger partial charge in [-0.25, -0.2) is 14.4 Å². The normalized spacial score (nSPS) is 11.2. The van der Waals surface area contributed by atoms with E-state index in [1.54, 1.807) is 34.6 Å². The maximum atomic E-state index is 11.1. The highest BCUT2D eigenvalue weighted by atomic mass is 16.6. The minimum atomic E-state index is -0.608. The van der Waals surface area contributed by atoms with Crippen molar-refractivity contribution in [3.63, 3.8) is 0 Å². The summed E-state index contributed by atoms with van der Waals surface area (Å²) in [6.07, 6.45) is 7.26. The Morgan fingerprint density at radius 3 is 1.58 bits per heavy atom. The Labute approximate surface area is 260 Å². The van der Waals surface area contributed by atoms with Crippen LogP contribution in [-0.4, -0.2) is 60.5 Å². The van der Waals surface area contributed by atoms with Gasteiger partial charge in [0.15, 0.2) is 6.23 Å². The predicted octanol–water partition coefficient (Wildman–Crippen LogP) is 5.84. The number of carbonyl (C=O) groups is 4. The lowest BCUT2D eigenvalue weighted by molar-refractivity contribution is -0.145. The first kappa shape index (κ1) is 46.7. The van der Waals surface area contributed by atoms with E-state index in [1.807, 2.05) is 20.8 Å². The molecule has 4 N–H and O–H groups in total. The van der Waals surface area contributed by atoms with Crippen molar-refractivity contribution in [2.45, 2.75) is 125 Å². The van der Waals surface area contributed by atoms with Crippen molar-refractivity contribution in [1.82, 2.24) is 5.32 Å². The van der Waals surface area contributed by atoms with Crippen LogP contribution in [0.3, 0.4) is 0 Å². The molecule has 0 fully saturated rings. The molecular weight excluding hydrogens is 552 g/mol. The number of rotatable bonds is 15. The number of primary amides is 1. The van der Waals surface area contributed by atoms with E-state index in [0.29, 0.717) is 22.3 Å². The highest BCUT2D eigenvalue weighted by Gasteiger charge is 2.16. The van der Waals surface area contributed by atoms with Gasteiger partial charge >= 0.3 is 17.9 Å². The van der Waals surface area contributed by atoms with Gasteiger partial charge in [0.25, 0.3) is 0 Å². The van der Waals surface area contributed by atoms with Crippen LogP contribution in [0.5, 0.6) is 0 Å². The molecule has 0 aromatic carbocycles. The summed E-state index contributed by atoms with van der Waals surface area (Å²) in [5.74, 6) is -1.52. The molecule has 0 aromatic heterocycles. The van der Waals surface area contributed by atoms with Gasteiger partial charge in [-0.1, -0.05) is 65.3 Å². The Kier molecular flexibility index (Phi) is 30.0. The lowest BCUT2D eigenvalue weighted by Crippen LogP contribution is -2.44. The summed E-state index contributed by atoms with van der Waals surface area (Å²) in [6.45, 7) is 30.3. The number of carbonyl (C=O) groups excluding carboxylic acids is 4. The van der Waals surface area contributed by atoms with Crippen molar-refractivity contribution in [2.75, 3.05) is 13.7 Å². The fourth-order valence-electron chi connectivity index (χ4n) is 2.64. The Morgan fingerprint density at radius 2 is 1.26 bits per heavy atom. The highest BCUT2D eigenvalue weighted by Crippen LogP contribution is 2.10. The lowest BCUT2D eigenvalue weighted by atomic mass is 10.1. The van der Waals surface area contributed by atoms with E-state index in [-0.39, 0.29) is 36.2 Å². The molecule has 10 heteroatoms. The number of esters is 3. The number of aliphatic hydroxyl groups excluding tert-OH is 1. The van der Waals surface area contributed by atoms with Gasteiger partial charge in [-0.05, 0) is 68.2 Å². The quantitative estimate of drug-likeness (QED) is 0.0680. The Balaban J connectivity index is -0.000000242. The molecule has 0 aliphatic rings. The number of aliphatic hydroxyl groups is 1. The number of hydrogen-bond acceptors (Lipinski definition) is 9. The SMILES string of the molecule is C=C(C)C(=O)OC.C=C(C)C(=O)OC(C)NC(C)(C)C.C=C(C)C(=O)OCC(C)O.C=C(CCCCCCCC)C(N)=O. The van der Waals surface area contributed by atoms with Gasteiger partial charge in [0.2, 0.25) is 5.91 Å². The van der Waals surface area contributed by atoms with Gasteiger partial charge in [-0.3, -0.25) is 10.1 Å². The van der Waals surface area contributed by atoms with Crippen LogP contribution in [0.1, 0.15) is 107 Å². The smallest absolute Gasteiger partial charge is 0.334 e. The van der Waals surface area contributed by atoms with Gasteiger partial charge in [0, 0.05) is 27.8 Å². The lowest BCUT2D eigenvalue weighted by Gasteiger charge is -2.25. The van der Waals surface area contributed by atoms with Crippen LogP contribution in [-0.2, 0) is 33.4 Å². The van der Waals surface area contributed by atoms with Crippen molar-refractivity contribution >= 4 is 23.8 Å². The minimum Gasteiger partial charge on any atom is -0.466 e. The zero-order chi connectivity index (χ0) is 34.8. The number of nitrogens with two attached hydrogens (primary N) is 1. The zero-order valence-electron chi connectivity index (χ0n) is 28.5. The van der Waals surface area contributed by atoms with Gasteiger partial charge in [-0.15, -0.1) is 0 Å². The molecule has 0 aliphatic heterocycles. The van der Waals surface area contributed by atoms with Crippen LogP contribution in [0.15, 0.2) is 48.6 Å². The summed E-state index contributed by atoms with van der Waals surface area (Å²) in [6, 6.07) is 0. The van der Waals surface area contributed by atoms with Crippen LogP contribution in [0.25, 0.3) is 0 Å². The second-order valence-electron chi connectivity index (χ2n) is 11.2. The monoisotopic (exact) mass is 612 g/mol. The molecule has 2 atom stereocenters. The molecule has 0 saturated heterocycles. The molecule has 250 valence electrons. The van der Waals surface area contributed by atoms with Crippen molar-refractivity contribution in [3.8, 4) is 0 Å². The van der Waals surface area contributed by atoms with E-state index in [4.69, 9.17) is 15.6 Å². The standard InChI is InChI=1S/C11H21NO.C10H19NO2.C7H12O3.C5H8O2/c1-3-4-5-6-7-8-9-10(2)11(12)13;1-7(2)9(12)13-8(3)11-10(4,5)6;1-5(2)7(9)10-4-6(3)8;1-4(2)5(6)7-3/h2-9H2,1H3,(H2,12,13);8,11H,1H2,2-6H3;6,8H,1,4H2,2-3H3;1H2,2-3H3. The molecule has 0 radical (unpaired) electrons. The van der Waals surface area contributed by atoms with Gasteiger partial charge < -0.3 is 25.1 Å². The molecule has 0 aromatic rings. The molecule has 1 amide bonds. The number of methoxy groups -OCH3 is 1. The van der Waals surface area contributed by atoms with E-state index in [2.05, 4.69) is 48.0 Å². The minimum absolute atomic E-state index is 0.0334. The molecule has 0 rings (SSSR count). The van der Waals surface area contributed by atoms with Crippen LogP contribution in [0.4, 0.5) is 0 Å². The Hall–Kier alpha value is -3.24. The third-order valence-corrected chi connectivity index (χ3v) is 4.79. The fraction of sp³-hybridized carbons (Fsp3) is 0.636. The van der Waals surface area contributed by atoms with Crippen molar-refractivity contribution in [2.24, 2.45) is 5.73 Å². The number of ether oxygens (including phenoxy) is 3. The van der Waals surface area contributed by atoms with Crippen molar-refractivity contribution in [1.29, 1.82) is 0 Å². The van der Waals surface area contributed by atoms with Crippen LogP contribution in [0.2, 0.25) is 0 Å². The van der Waals surface area contributed by atoms with Gasteiger partial charge in [0.1, 0.15) is 6.61 Å². The third kappa shape index (κ3) is 38.8. The molecule has 10 nitrogen and oxygen atoms in total. The van der Waals surface area contributed by atoms with Crippen LogP contribution >= 0.6 is 0 Å². The molecule has 0 spiro atoms. The van der Waals surface area contributed by atoms with Crippen LogP contribution < -0.4 is 11.1 Å². The Morgan fingerprint density at radius 1 is 0.814 bits per heavy atom. The first-order valence-corrected chi connectivity index (χ1v) is 14.5. The maximum absolute atomic E-state index is 11.1. The van der Waals surface area contributed by atoms with Crippen LogP contribution in [0, 0.1) is 0 Å². The van der Waals surface area contributed by atoms with Gasteiger partial charge in [-0.2, -0.15) is 0 Å². The van der Waals surface area contributed by atoms with E-state index >= 15 is 0 Å². The van der Waals surface area contributed by atoms with E-state index < -0.39 is 12.1 Å². The average molecular weight is 613 g/mol. The summed E-state index contributed by atoms with van der Waals surface area (Å²) >= 11 is 0. The average Bonchev–Trinajstić information content (AvgIpc) is 2.88. The van der Waals surface area contributed by atoms with Gasteiger partial charge in [0.05, 0.1) is 13.2 Å². The molecule has 0 aliphatic carbocycles. The number of unbranched alkanes of at least 4 members (excludes halogenated alkanes) is 5. The van der Waals surface area contributed by atoms with E-state index in [1.165, 1.54) is 39.2 Å². The van der Waals surface area contributed by atoms with Crippen molar-refractivity contribution < 1.29 is 38.5 Å². The topological polar surface area (TPSA) is 154 Å². The number of nitrogens with one attached hydrogen (secondary N) is 1. The summed E-state index contributed by atoms with van der Waals surface area (Å²) < 4.78 is 13.9. The van der Waals surface area contributed by atoms with E-state index in [0.717, 1.165) is 12.8 Å². The summed E-state index contributed by atoms with van der Waals surface area (Å²) in [7, 11) is 1.33. The predicted molar refractivity (Wildman–Crippen MR) is 174 cm³/mol. The van der Waals surface area contributed by atoms with Crippen molar-refractivity contribution in [3.05, 3.63) is 48.6 Å². The number of hydrogen-bond donors (Lipinski definition) is 3. The summed E-state index contributed by atoms with van der Waals surface area (Å²) in [4.78, 5) is 42.5. The van der Waals surface area contributed by atoms with E-state index in [9.17, 15) is 19.2 Å². The molecule has 2 unspecified atom stereocenters. The largest absolute Gasteiger partial charge is 0.466 e. The molecule has 0 heterocycles. The molecular formula is C33H60N2O8. The highest BCUT2D eigenvalue weighted by molar-refractivity contribution is 5.91. The summed E-state index contributed by atoms with van der Waals surface area (Å²) in [5.41, 5.74) is 6.76. The third-order valence-electron chi connectivity index (χ3n) is 4.79. The first-order chi connectivity index (χ1) is 19.6. The second-order valence-corrected chi connectivity index (χ2v) is 11.2. The molecule has 0 saturated carbocycles. The fourth-order valence-corrected chi connectivity index (χ4v) is 2.64. The first-order valence-electron chi connectivity index (χ1n) is 14.5.